The summed E-state index contributed by atoms with van der Waals surface area (Å²) in [5, 5.41) is 1.18. The Balaban J connectivity index is 1.58. The summed E-state index contributed by atoms with van der Waals surface area (Å²) in [6, 6.07) is 5.82. The minimum Gasteiger partial charge on any atom is -0.381 e. The van der Waals surface area contributed by atoms with Crippen LogP contribution in [0, 0.1) is 5.92 Å². The zero-order valence-corrected chi connectivity index (χ0v) is 13.7. The molecular weight excluding hydrogens is 314 g/mol. The quantitative estimate of drug-likeness (QED) is 0.913. The fourth-order valence-electron chi connectivity index (χ4n) is 3.27. The Morgan fingerprint density at radius 3 is 2.96 bits per heavy atom. The molecule has 122 valence electrons. The Bertz CT molecular complexity index is 766. The summed E-state index contributed by atoms with van der Waals surface area (Å²) >= 11 is 6.03. The van der Waals surface area contributed by atoms with Gasteiger partial charge >= 0.3 is 0 Å². The zero-order chi connectivity index (χ0) is 15.8. The molecule has 1 aliphatic carbocycles. The second-order valence-corrected chi connectivity index (χ2v) is 7.00. The molecule has 6 heteroatoms. The van der Waals surface area contributed by atoms with Gasteiger partial charge in [-0.1, -0.05) is 11.6 Å². The minimum atomic E-state index is -0.0957. The van der Waals surface area contributed by atoms with Gasteiger partial charge < -0.3 is 9.72 Å². The molecule has 23 heavy (non-hydrogen) atoms. The van der Waals surface area contributed by atoms with Crippen molar-refractivity contribution in [2.75, 3.05) is 19.8 Å². The summed E-state index contributed by atoms with van der Waals surface area (Å²) < 4.78 is 5.48. The van der Waals surface area contributed by atoms with Crippen molar-refractivity contribution in [3.8, 4) is 0 Å². The maximum Gasteiger partial charge on any atom is 0.258 e. The minimum absolute atomic E-state index is 0.0957. The van der Waals surface area contributed by atoms with E-state index in [2.05, 4.69) is 14.9 Å². The predicted molar refractivity (Wildman–Crippen MR) is 89.7 cm³/mol. The first-order chi connectivity index (χ1) is 11.2. The molecule has 5 nitrogen and oxygen atoms in total. The molecule has 2 heterocycles. The number of hydrogen-bond acceptors (Lipinski definition) is 4. The van der Waals surface area contributed by atoms with Crippen LogP contribution in [0.25, 0.3) is 10.9 Å². The summed E-state index contributed by atoms with van der Waals surface area (Å²) in [7, 11) is 0. The molecule has 4 rings (SSSR count). The van der Waals surface area contributed by atoms with E-state index in [1.54, 1.807) is 18.2 Å². The van der Waals surface area contributed by atoms with E-state index in [-0.39, 0.29) is 5.56 Å². The van der Waals surface area contributed by atoms with E-state index in [1.807, 2.05) is 0 Å². The van der Waals surface area contributed by atoms with Crippen LogP contribution in [-0.2, 0) is 11.3 Å². The first kappa shape index (κ1) is 15.1. The van der Waals surface area contributed by atoms with E-state index in [0.717, 1.165) is 32.0 Å². The number of ether oxygens (including phenoxy) is 1. The van der Waals surface area contributed by atoms with Gasteiger partial charge in [0.15, 0.2) is 0 Å². The largest absolute Gasteiger partial charge is 0.381 e. The maximum absolute atomic E-state index is 12.2. The van der Waals surface area contributed by atoms with Crippen molar-refractivity contribution in [3.05, 3.63) is 39.4 Å². The van der Waals surface area contributed by atoms with Crippen molar-refractivity contribution in [2.24, 2.45) is 5.92 Å². The number of benzene rings is 1. The Kier molecular flexibility index (Phi) is 4.09. The fourth-order valence-corrected chi connectivity index (χ4v) is 3.44. The van der Waals surface area contributed by atoms with E-state index < -0.39 is 0 Å². The predicted octanol–water partition coefficient (Wildman–Crippen LogP) is 2.58. The van der Waals surface area contributed by atoms with Crippen molar-refractivity contribution >= 4 is 22.5 Å². The molecule has 1 N–H and O–H groups in total. The van der Waals surface area contributed by atoms with E-state index in [9.17, 15) is 4.79 Å². The molecule has 0 spiro atoms. The molecule has 0 radical (unpaired) electrons. The highest BCUT2D eigenvalue weighted by Gasteiger charge is 2.32. The third-order valence-electron chi connectivity index (χ3n) is 4.65. The highest BCUT2D eigenvalue weighted by Crippen LogP contribution is 2.30. The average molecular weight is 334 g/mol. The van der Waals surface area contributed by atoms with Crippen LogP contribution in [0.2, 0.25) is 5.02 Å². The molecule has 1 aromatic heterocycles. The Hall–Kier alpha value is -1.43. The molecule has 1 saturated carbocycles. The molecule has 1 aliphatic heterocycles. The molecule has 2 fully saturated rings. The van der Waals surface area contributed by atoms with Gasteiger partial charge in [-0.2, -0.15) is 0 Å². The van der Waals surface area contributed by atoms with Crippen molar-refractivity contribution in [3.63, 3.8) is 0 Å². The molecule has 1 saturated heterocycles. The summed E-state index contributed by atoms with van der Waals surface area (Å²) in [5.74, 6) is 1.31. The number of nitrogens with one attached hydrogen (secondary N) is 1. The third kappa shape index (κ3) is 3.42. The molecule has 0 bridgehead atoms. The monoisotopic (exact) mass is 333 g/mol. The maximum atomic E-state index is 12.2. The van der Waals surface area contributed by atoms with E-state index in [0.29, 0.717) is 34.4 Å². The fraction of sp³-hybridized carbons (Fsp3) is 0.529. The summed E-state index contributed by atoms with van der Waals surface area (Å²) in [6.07, 6.45) is 3.59. The normalized spacial score (nSPS) is 21.4. The Morgan fingerprint density at radius 2 is 2.22 bits per heavy atom. The van der Waals surface area contributed by atoms with Crippen LogP contribution in [0.5, 0.6) is 0 Å². The molecule has 0 amide bonds. The smallest absolute Gasteiger partial charge is 0.258 e. The lowest BCUT2D eigenvalue weighted by molar-refractivity contribution is 0.160. The van der Waals surface area contributed by atoms with Gasteiger partial charge in [0.05, 0.1) is 24.1 Å². The second kappa shape index (κ2) is 6.23. The molecule has 1 aromatic carbocycles. The van der Waals surface area contributed by atoms with Gasteiger partial charge in [0.25, 0.3) is 5.56 Å². The van der Waals surface area contributed by atoms with Crippen LogP contribution >= 0.6 is 11.6 Å². The summed E-state index contributed by atoms with van der Waals surface area (Å²) in [4.78, 5) is 22.2. The number of aromatic amines is 1. The van der Waals surface area contributed by atoms with Gasteiger partial charge in [-0.3, -0.25) is 9.69 Å². The number of H-pyrrole nitrogens is 1. The molecule has 2 aromatic rings. The van der Waals surface area contributed by atoms with Gasteiger partial charge in [-0.25, -0.2) is 4.98 Å². The summed E-state index contributed by atoms with van der Waals surface area (Å²) in [6.45, 7) is 3.41. The highest BCUT2D eigenvalue weighted by molar-refractivity contribution is 6.31. The lowest BCUT2D eigenvalue weighted by atomic mass is 10.1. The van der Waals surface area contributed by atoms with Crippen molar-refractivity contribution in [2.45, 2.75) is 31.8 Å². The van der Waals surface area contributed by atoms with Gasteiger partial charge in [0, 0.05) is 24.2 Å². The van der Waals surface area contributed by atoms with Gasteiger partial charge in [-0.15, -0.1) is 0 Å². The van der Waals surface area contributed by atoms with Crippen LogP contribution in [0.4, 0.5) is 0 Å². The van der Waals surface area contributed by atoms with Crippen LogP contribution in [0.1, 0.15) is 25.1 Å². The van der Waals surface area contributed by atoms with Crippen molar-refractivity contribution in [1.82, 2.24) is 14.9 Å². The molecule has 2 aliphatic rings. The van der Waals surface area contributed by atoms with Gasteiger partial charge in [-0.05, 0) is 43.4 Å². The van der Waals surface area contributed by atoms with Gasteiger partial charge in [0.2, 0.25) is 0 Å². The number of nitrogens with zero attached hydrogens (tertiary/aromatic N) is 2. The lowest BCUT2D eigenvalue weighted by Crippen LogP contribution is -2.32. The third-order valence-corrected chi connectivity index (χ3v) is 4.89. The second-order valence-electron chi connectivity index (χ2n) is 6.56. The molecular formula is C17H20ClN3O2. The van der Waals surface area contributed by atoms with E-state index in [1.165, 1.54) is 12.8 Å². The lowest BCUT2D eigenvalue weighted by Gasteiger charge is -2.24. The number of fused-ring (bicyclic) bond motifs is 1. The first-order valence-corrected chi connectivity index (χ1v) is 8.57. The van der Waals surface area contributed by atoms with Crippen LogP contribution < -0.4 is 5.56 Å². The van der Waals surface area contributed by atoms with E-state index >= 15 is 0 Å². The zero-order valence-electron chi connectivity index (χ0n) is 12.9. The number of rotatable bonds is 5. The Labute approximate surface area is 139 Å². The first-order valence-electron chi connectivity index (χ1n) is 8.19. The van der Waals surface area contributed by atoms with Crippen LogP contribution in [0.3, 0.4) is 0 Å². The van der Waals surface area contributed by atoms with E-state index in [4.69, 9.17) is 16.3 Å². The van der Waals surface area contributed by atoms with Gasteiger partial charge in [0.1, 0.15) is 5.82 Å². The molecule has 1 atom stereocenters. The van der Waals surface area contributed by atoms with Crippen molar-refractivity contribution in [1.29, 1.82) is 0 Å². The number of halogens is 1. The Morgan fingerprint density at radius 1 is 1.35 bits per heavy atom. The number of aromatic nitrogens is 2. The average Bonchev–Trinajstić information content (AvgIpc) is 3.24. The highest BCUT2D eigenvalue weighted by atomic mass is 35.5. The number of hydrogen-bond donors (Lipinski definition) is 1. The van der Waals surface area contributed by atoms with Crippen LogP contribution in [-0.4, -0.2) is 40.7 Å². The standard InChI is InChI=1S/C17H20ClN3O2/c18-12-1-4-14-15(7-12)19-16(20-17(14)22)9-21(13-2-3-13)8-11-5-6-23-10-11/h1,4,7,11,13H,2-3,5-6,8-10H2,(H,19,20,22)/t11-/m1/s1. The van der Waals surface area contributed by atoms with Crippen LogP contribution in [0.15, 0.2) is 23.0 Å². The van der Waals surface area contributed by atoms with Crippen molar-refractivity contribution < 1.29 is 4.74 Å². The SMILES string of the molecule is O=c1[nH]c(CN(C[C@H]2CCOC2)C2CC2)nc2cc(Cl)ccc12. The topological polar surface area (TPSA) is 58.2 Å². The molecule has 0 unspecified atom stereocenters. The summed E-state index contributed by atoms with van der Waals surface area (Å²) in [5.41, 5.74) is 0.567.